The number of esters is 1. The number of nitrogens with one attached hydrogen (secondary N) is 1. The molecule has 2 saturated heterocycles. The van der Waals surface area contributed by atoms with Crippen LogP contribution in [0.15, 0.2) is 0 Å². The first kappa shape index (κ1) is 18.3. The van der Waals surface area contributed by atoms with Crippen LogP contribution in [0.3, 0.4) is 0 Å². The van der Waals surface area contributed by atoms with E-state index >= 15 is 0 Å². The van der Waals surface area contributed by atoms with E-state index in [0.717, 1.165) is 36.1 Å². The van der Waals surface area contributed by atoms with Gasteiger partial charge in [-0.2, -0.15) is 5.26 Å². The molecule has 2 fully saturated rings. The normalized spacial score (nSPS) is 25.9. The van der Waals surface area contributed by atoms with Crippen molar-refractivity contribution in [1.82, 2.24) is 4.90 Å². The topological polar surface area (TPSA) is 99.5 Å². The summed E-state index contributed by atoms with van der Waals surface area (Å²) in [6, 6.07) is 1.53. The van der Waals surface area contributed by atoms with Gasteiger partial charge in [0.15, 0.2) is 6.61 Å². The van der Waals surface area contributed by atoms with Crippen LogP contribution in [0.2, 0.25) is 0 Å². The van der Waals surface area contributed by atoms with Gasteiger partial charge in [0.2, 0.25) is 5.91 Å². The molecule has 7 nitrogen and oxygen atoms in total. The van der Waals surface area contributed by atoms with E-state index in [4.69, 9.17) is 4.74 Å². The molecule has 2 atom stereocenters. The van der Waals surface area contributed by atoms with Gasteiger partial charge in [-0.3, -0.25) is 9.59 Å². The molecular weight excluding hydrogens is 386 g/mol. The number of fused-ring (bicyclic) bond motifs is 2. The Morgan fingerprint density at radius 1 is 1.41 bits per heavy atom. The number of aryl methyl sites for hydroxylation is 1. The molecule has 1 aromatic heterocycles. The first-order chi connectivity index (χ1) is 12.9. The van der Waals surface area contributed by atoms with Crippen molar-refractivity contribution in [2.75, 3.05) is 17.7 Å². The highest BCUT2D eigenvalue weighted by atomic mass is 32.2. The van der Waals surface area contributed by atoms with E-state index in [1.807, 2.05) is 6.92 Å². The highest BCUT2D eigenvalue weighted by Gasteiger charge is 2.53. The summed E-state index contributed by atoms with van der Waals surface area (Å²) in [5.74, 6) is -0.578. The van der Waals surface area contributed by atoms with Crippen molar-refractivity contribution in [2.45, 2.75) is 49.9 Å². The number of rotatable bonds is 4. The van der Waals surface area contributed by atoms with Gasteiger partial charge in [0.25, 0.3) is 5.91 Å². The van der Waals surface area contributed by atoms with Gasteiger partial charge < -0.3 is 15.0 Å². The number of hydrogen-bond donors (Lipinski definition) is 1. The third-order valence-corrected chi connectivity index (χ3v) is 8.06. The fourth-order valence-corrected chi connectivity index (χ4v) is 6.67. The summed E-state index contributed by atoms with van der Waals surface area (Å²) in [6.07, 6.45) is 3.99. The zero-order valence-electron chi connectivity index (χ0n) is 14.9. The fraction of sp³-hybridized carbons (Fsp3) is 0.556. The molecule has 0 radical (unpaired) electrons. The molecule has 9 heteroatoms. The zero-order chi connectivity index (χ0) is 19.2. The fourth-order valence-electron chi connectivity index (χ4n) is 4.00. The van der Waals surface area contributed by atoms with Gasteiger partial charge in [-0.15, -0.1) is 23.1 Å². The second kappa shape index (κ2) is 6.84. The Kier molecular flexibility index (Phi) is 4.64. The first-order valence-corrected chi connectivity index (χ1v) is 10.7. The highest BCUT2D eigenvalue weighted by molar-refractivity contribution is 8.01. The minimum Gasteiger partial charge on any atom is -0.454 e. The predicted octanol–water partition coefficient (Wildman–Crippen LogP) is 2.04. The molecule has 0 aromatic carbocycles. The Morgan fingerprint density at radius 2 is 2.22 bits per heavy atom. The Hall–Kier alpha value is -2.05. The van der Waals surface area contributed by atoms with E-state index in [-0.39, 0.29) is 10.8 Å². The average Bonchev–Trinajstić information content (AvgIpc) is 3.35. The molecular formula is C18H19N3O4S2. The Bertz CT molecular complexity index is 875. The van der Waals surface area contributed by atoms with Crippen molar-refractivity contribution in [3.05, 3.63) is 16.0 Å². The summed E-state index contributed by atoms with van der Waals surface area (Å²) >= 11 is 3.00. The lowest BCUT2D eigenvalue weighted by Gasteiger charge is -2.29. The van der Waals surface area contributed by atoms with Crippen LogP contribution in [-0.4, -0.2) is 46.0 Å². The maximum absolute atomic E-state index is 12.4. The van der Waals surface area contributed by atoms with Crippen LogP contribution in [0.5, 0.6) is 0 Å². The summed E-state index contributed by atoms with van der Waals surface area (Å²) in [5.41, 5.74) is 1.56. The van der Waals surface area contributed by atoms with Crippen molar-refractivity contribution in [3.63, 3.8) is 0 Å². The number of carbonyl (C=O) groups excluding carboxylic acids is 3. The van der Waals surface area contributed by atoms with Gasteiger partial charge in [0, 0.05) is 17.1 Å². The summed E-state index contributed by atoms with van der Waals surface area (Å²) in [7, 11) is 0. The third-order valence-electron chi connectivity index (χ3n) is 5.35. The smallest absolute Gasteiger partial charge is 0.330 e. The van der Waals surface area contributed by atoms with E-state index < -0.39 is 24.5 Å². The monoisotopic (exact) mass is 405 g/mol. The van der Waals surface area contributed by atoms with Crippen LogP contribution < -0.4 is 5.32 Å². The number of hydrogen-bond acceptors (Lipinski definition) is 7. The highest BCUT2D eigenvalue weighted by Crippen LogP contribution is 2.47. The largest absolute Gasteiger partial charge is 0.454 e. The number of thiophene rings is 1. The Balaban J connectivity index is 1.36. The van der Waals surface area contributed by atoms with Gasteiger partial charge in [-0.25, -0.2) is 4.79 Å². The zero-order valence-corrected chi connectivity index (χ0v) is 16.5. The lowest BCUT2D eigenvalue weighted by atomic mass is 10.1. The minimum absolute atomic E-state index is 0.0411. The van der Waals surface area contributed by atoms with Gasteiger partial charge in [-0.1, -0.05) is 0 Å². The van der Waals surface area contributed by atoms with Crippen LogP contribution in [0.4, 0.5) is 5.00 Å². The number of nitrogens with zero attached hydrogens (tertiary/aromatic N) is 2. The van der Waals surface area contributed by atoms with E-state index in [1.165, 1.54) is 11.3 Å². The molecule has 27 heavy (non-hydrogen) atoms. The molecule has 1 aliphatic carbocycles. The molecule has 2 amide bonds. The van der Waals surface area contributed by atoms with Crippen molar-refractivity contribution in [2.24, 2.45) is 0 Å². The average molecular weight is 406 g/mol. The maximum Gasteiger partial charge on any atom is 0.330 e. The molecule has 2 aliphatic heterocycles. The molecule has 3 heterocycles. The lowest BCUT2D eigenvalue weighted by Crippen LogP contribution is -2.47. The van der Waals surface area contributed by atoms with Crippen LogP contribution in [-0.2, 0) is 32.0 Å². The van der Waals surface area contributed by atoms with Gasteiger partial charge in [0.05, 0.1) is 10.4 Å². The summed E-state index contributed by atoms with van der Waals surface area (Å²) in [4.78, 5) is 39.1. The molecule has 3 aliphatic rings. The second-order valence-corrected chi connectivity index (χ2v) is 9.70. The number of nitriles is 1. The molecule has 0 spiro atoms. The minimum atomic E-state index is -0.636. The number of thioether (sulfide) groups is 1. The van der Waals surface area contributed by atoms with Crippen LogP contribution in [0.25, 0.3) is 0 Å². The van der Waals surface area contributed by atoms with Crippen molar-refractivity contribution in [3.8, 4) is 6.07 Å². The van der Waals surface area contributed by atoms with Crippen LogP contribution in [0, 0.1) is 11.3 Å². The molecule has 1 aromatic rings. The van der Waals surface area contributed by atoms with Gasteiger partial charge in [-0.05, 0) is 38.2 Å². The number of amides is 2. The lowest BCUT2D eigenvalue weighted by molar-refractivity contribution is -0.155. The van der Waals surface area contributed by atoms with Crippen LogP contribution in [0.1, 0.15) is 42.2 Å². The molecule has 0 saturated carbocycles. The Labute approximate surface area is 165 Å². The summed E-state index contributed by atoms with van der Waals surface area (Å²) in [6.45, 7) is 1.54. The predicted molar refractivity (Wildman–Crippen MR) is 101 cm³/mol. The quantitative estimate of drug-likeness (QED) is 0.770. The van der Waals surface area contributed by atoms with E-state index in [9.17, 15) is 19.6 Å². The molecule has 1 N–H and O–H groups in total. The summed E-state index contributed by atoms with van der Waals surface area (Å²) in [5, 5.41) is 12.6. The standard InChI is InChI=1S/C18H19N3O4S2/c1-18-6-5-15(23)21(18)12(9-26-18)17(24)25-8-14(22)20-16-11(7-19)10-3-2-4-13(10)27-16/h12H,2-6,8-9H2,1H3,(H,20,22)/t12-,18+/m1/s1. The molecule has 0 bridgehead atoms. The first-order valence-electron chi connectivity index (χ1n) is 8.90. The van der Waals surface area contributed by atoms with E-state index in [2.05, 4.69) is 11.4 Å². The second-order valence-electron chi connectivity index (χ2n) is 7.09. The molecule has 4 rings (SSSR count). The summed E-state index contributed by atoms with van der Waals surface area (Å²) < 4.78 is 5.18. The van der Waals surface area contributed by atoms with Crippen LogP contribution >= 0.6 is 23.1 Å². The van der Waals surface area contributed by atoms with E-state index in [1.54, 1.807) is 16.7 Å². The Morgan fingerprint density at radius 3 is 3.00 bits per heavy atom. The number of anilines is 1. The number of carbonyl (C=O) groups is 3. The number of ether oxygens (including phenoxy) is 1. The van der Waals surface area contributed by atoms with Gasteiger partial charge >= 0.3 is 5.97 Å². The maximum atomic E-state index is 12.4. The SMILES string of the molecule is C[C@]12CCC(=O)N1[C@@H](C(=O)OCC(=O)Nc1sc3c(c1C#N)CCC3)CS2. The van der Waals surface area contributed by atoms with Crippen molar-refractivity contribution >= 4 is 45.9 Å². The molecule has 142 valence electrons. The third kappa shape index (κ3) is 3.11. The van der Waals surface area contributed by atoms with Crippen molar-refractivity contribution < 1.29 is 19.1 Å². The van der Waals surface area contributed by atoms with Gasteiger partial charge in [0.1, 0.15) is 17.1 Å². The molecule has 0 unspecified atom stereocenters. The van der Waals surface area contributed by atoms with E-state index in [0.29, 0.717) is 22.7 Å². The van der Waals surface area contributed by atoms with Crippen molar-refractivity contribution in [1.29, 1.82) is 5.26 Å².